The van der Waals surface area contributed by atoms with E-state index in [0.717, 1.165) is 18.2 Å². The number of benzene rings is 2. The molecular weight excluding hydrogens is 1040 g/mol. The molecule has 3 aromatic rings. The molecule has 6 rings (SSSR count). The van der Waals surface area contributed by atoms with Crippen molar-refractivity contribution in [2.45, 2.75) is 96.1 Å². The highest BCUT2D eigenvalue weighted by molar-refractivity contribution is 7.99. The molecule has 24 heteroatoms. The molecule has 2 saturated heterocycles. The maximum absolute atomic E-state index is 15.1. The molecule has 0 saturated carbocycles. The van der Waals surface area contributed by atoms with Gasteiger partial charge in [-0.3, -0.25) is 24.0 Å². The Kier molecular flexibility index (Phi) is 23.4. The lowest BCUT2D eigenvalue weighted by molar-refractivity contribution is -0.134. The van der Waals surface area contributed by atoms with Crippen molar-refractivity contribution in [3.63, 3.8) is 0 Å². The van der Waals surface area contributed by atoms with E-state index in [9.17, 15) is 42.3 Å². The minimum Gasteiger partial charge on any atom is -0.445 e. The van der Waals surface area contributed by atoms with E-state index in [4.69, 9.17) is 15.2 Å². The molecule has 8 amide bonds. The molecule has 9 N–H and O–H groups in total. The number of hydrogen-bond donors (Lipinski definition) is 8. The number of amides is 8. The van der Waals surface area contributed by atoms with E-state index in [1.165, 1.54) is 24.0 Å². The molecule has 3 aliphatic rings. The Labute approximate surface area is 456 Å². The molecule has 5 atom stereocenters. The normalized spacial score (nSPS) is 17.6. The van der Waals surface area contributed by atoms with Gasteiger partial charge in [-0.1, -0.05) is 39.0 Å². The Morgan fingerprint density at radius 3 is 2.42 bits per heavy atom. The van der Waals surface area contributed by atoms with Crippen LogP contribution in [0.25, 0.3) is 11.3 Å². The Morgan fingerprint density at radius 1 is 0.962 bits per heavy atom. The number of primary amides is 1. The first kappa shape index (κ1) is 60.3. The highest BCUT2D eigenvalue weighted by Crippen LogP contribution is 2.37. The standard InChI is InChI=1S/C54H72F3N11O9S/c1-33(2)48(66-45(69)9-5-4-6-22-67-34(3)10-17-46(67)70)52(73)65-43(8-7-20-60-53(58)74)51(72)63-39-14-11-35(12-15-39)31-77-54(75)61-21-25-78-32-47(71)68(30-37-27-59-28-42(37)57)49(36-18-23-76-24-19-36)50-62-29-44(64-50)40-26-38(55)13-16-41(40)56/h10-17,26,29,33,36-37,42-43,48-49,59H,3-9,18-25,27-28,30-32H2,1-2H3,(H,61,75)(H,62,64)(H,63,72)(H,65,73)(H,66,69)(H3,58,60,74). The first-order valence-electron chi connectivity index (χ1n) is 26.4. The van der Waals surface area contributed by atoms with Gasteiger partial charge in [-0.05, 0) is 92.3 Å². The second-order valence-corrected chi connectivity index (χ2v) is 20.9. The summed E-state index contributed by atoms with van der Waals surface area (Å²) in [5.74, 6) is -3.32. The van der Waals surface area contributed by atoms with Gasteiger partial charge in [0.1, 0.15) is 42.3 Å². The highest BCUT2D eigenvalue weighted by atomic mass is 32.2. The number of nitrogens with one attached hydrogen (secondary N) is 7. The summed E-state index contributed by atoms with van der Waals surface area (Å²) in [6, 6.07) is 6.24. The molecule has 0 radical (unpaired) electrons. The second-order valence-electron chi connectivity index (χ2n) is 19.8. The lowest BCUT2D eigenvalue weighted by atomic mass is 9.89. The molecule has 0 bridgehead atoms. The van der Waals surface area contributed by atoms with E-state index < -0.39 is 65.8 Å². The number of carbonyl (C=O) groups is 7. The van der Waals surface area contributed by atoms with Gasteiger partial charge in [0.25, 0.3) is 5.91 Å². The lowest BCUT2D eigenvalue weighted by Crippen LogP contribution is -2.54. The number of unbranched alkanes of at least 4 members (excludes halogenated alkanes) is 2. The van der Waals surface area contributed by atoms with Crippen LogP contribution in [0.5, 0.6) is 0 Å². The van der Waals surface area contributed by atoms with E-state index in [-0.39, 0.29) is 98.6 Å². The van der Waals surface area contributed by atoms with Crippen molar-refractivity contribution < 1.29 is 56.2 Å². The number of allylic oxidation sites excluding steroid dienone is 1. The summed E-state index contributed by atoms with van der Waals surface area (Å²) in [4.78, 5) is 101. The van der Waals surface area contributed by atoms with Gasteiger partial charge < -0.3 is 61.9 Å². The van der Waals surface area contributed by atoms with E-state index in [2.05, 4.69) is 48.4 Å². The lowest BCUT2D eigenvalue weighted by Gasteiger charge is -2.39. The number of H-pyrrole nitrogens is 1. The minimum absolute atomic E-state index is 0.00132. The van der Waals surface area contributed by atoms with Crippen LogP contribution in [-0.2, 0) is 40.1 Å². The quantitative estimate of drug-likeness (QED) is 0.0409. The number of urea groups is 1. The molecule has 2 fully saturated rings. The van der Waals surface area contributed by atoms with Crippen molar-refractivity contribution >= 4 is 59.1 Å². The van der Waals surface area contributed by atoms with E-state index in [0.29, 0.717) is 86.9 Å². The van der Waals surface area contributed by atoms with Crippen molar-refractivity contribution in [2.24, 2.45) is 23.5 Å². The summed E-state index contributed by atoms with van der Waals surface area (Å²) in [5.41, 5.74) is 7.05. The number of thioether (sulfide) groups is 1. The van der Waals surface area contributed by atoms with Gasteiger partial charge in [-0.2, -0.15) is 11.8 Å². The van der Waals surface area contributed by atoms with Crippen LogP contribution in [0, 0.1) is 29.4 Å². The summed E-state index contributed by atoms with van der Waals surface area (Å²) in [5, 5.41) is 16.6. The number of ether oxygens (including phenoxy) is 2. The van der Waals surface area contributed by atoms with E-state index in [1.54, 1.807) is 54.0 Å². The van der Waals surface area contributed by atoms with E-state index in [1.807, 2.05) is 0 Å². The summed E-state index contributed by atoms with van der Waals surface area (Å²) >= 11 is 1.27. The molecular formula is C54H72F3N11O9S. The van der Waals surface area contributed by atoms with Crippen molar-refractivity contribution in [1.29, 1.82) is 0 Å². The monoisotopic (exact) mass is 1110 g/mol. The number of nitrogens with two attached hydrogens (primary N) is 1. The zero-order chi connectivity index (χ0) is 56.1. The minimum atomic E-state index is -1.18. The van der Waals surface area contributed by atoms with Gasteiger partial charge in [-0.15, -0.1) is 0 Å². The Bertz CT molecular complexity index is 2560. The molecule has 0 aliphatic carbocycles. The number of alkyl halides is 1. The average Bonchev–Trinajstić information content (AvgIpc) is 4.16. The number of aromatic nitrogens is 2. The Balaban J connectivity index is 0.964. The van der Waals surface area contributed by atoms with Gasteiger partial charge >= 0.3 is 12.1 Å². The van der Waals surface area contributed by atoms with Gasteiger partial charge in [-0.25, -0.2) is 27.7 Å². The van der Waals surface area contributed by atoms with Crippen LogP contribution < -0.4 is 37.6 Å². The highest BCUT2D eigenvalue weighted by Gasteiger charge is 2.39. The molecule has 0 spiro atoms. The van der Waals surface area contributed by atoms with Gasteiger partial charge in [0.05, 0.1) is 23.7 Å². The van der Waals surface area contributed by atoms with Gasteiger partial charge in [0, 0.05) is 93.6 Å². The molecule has 5 unspecified atom stereocenters. The number of carbonyl (C=O) groups excluding carboxylic acids is 7. The molecule has 78 heavy (non-hydrogen) atoms. The first-order chi connectivity index (χ1) is 37.5. The van der Waals surface area contributed by atoms with Crippen LogP contribution in [0.4, 0.5) is 28.4 Å². The van der Waals surface area contributed by atoms with Gasteiger partial charge in [0.15, 0.2) is 0 Å². The molecule has 1 aromatic heterocycles. The third-order valence-corrected chi connectivity index (χ3v) is 14.6. The van der Waals surface area contributed by atoms with E-state index >= 15 is 4.39 Å². The van der Waals surface area contributed by atoms with Crippen molar-refractivity contribution in [1.82, 2.24) is 46.4 Å². The second kappa shape index (κ2) is 30.3. The maximum atomic E-state index is 15.1. The predicted molar refractivity (Wildman–Crippen MR) is 288 cm³/mol. The summed E-state index contributed by atoms with van der Waals surface area (Å²) in [7, 11) is 0. The molecule has 20 nitrogen and oxygen atoms in total. The maximum Gasteiger partial charge on any atom is 0.407 e. The van der Waals surface area contributed by atoms with Crippen LogP contribution in [0.3, 0.4) is 0 Å². The predicted octanol–water partition coefficient (Wildman–Crippen LogP) is 5.35. The molecule has 2 aromatic carbocycles. The fourth-order valence-corrected chi connectivity index (χ4v) is 10.1. The molecule has 424 valence electrons. The number of halogens is 3. The van der Waals surface area contributed by atoms with Crippen LogP contribution in [0.2, 0.25) is 0 Å². The number of aromatic amines is 1. The molecule has 3 aliphatic heterocycles. The number of hydrogen-bond acceptors (Lipinski definition) is 12. The number of nitrogens with zero attached hydrogens (tertiary/aromatic N) is 3. The zero-order valence-corrected chi connectivity index (χ0v) is 44.9. The Morgan fingerprint density at radius 2 is 1.73 bits per heavy atom. The fraction of sp³-hybridized carbons (Fsp3) is 0.519. The number of alkyl carbamates (subject to hydrolysis) is 1. The van der Waals surface area contributed by atoms with Crippen molar-refractivity contribution in [2.75, 3.05) is 69.3 Å². The Hall–Kier alpha value is -6.92. The average molecular weight is 1110 g/mol. The third kappa shape index (κ3) is 18.4. The van der Waals surface area contributed by atoms with Crippen molar-refractivity contribution in [3.8, 4) is 11.3 Å². The SMILES string of the molecule is C=C1C=CC(=O)N1CCCCCC(=O)NC(C(=O)NC(CCCNC(N)=O)C(=O)Nc1ccc(COC(=O)NCCSCC(=O)N(CC2CNCC2F)C(c2ncc(-c3cc(F)ccc3F)[nH]2)C2CCOCC2)cc1)C(C)C. The number of rotatable bonds is 29. The van der Waals surface area contributed by atoms with Gasteiger partial charge in [0.2, 0.25) is 23.6 Å². The topological polar surface area (TPSA) is 271 Å². The van der Waals surface area contributed by atoms with Crippen LogP contribution in [0.15, 0.2) is 73.1 Å². The van der Waals surface area contributed by atoms with Crippen LogP contribution in [0.1, 0.15) is 82.6 Å². The number of imidazole rings is 1. The fourth-order valence-electron chi connectivity index (χ4n) is 9.37. The summed E-state index contributed by atoms with van der Waals surface area (Å²) < 4.78 is 55.2. The number of anilines is 1. The third-order valence-electron chi connectivity index (χ3n) is 13.7. The largest absolute Gasteiger partial charge is 0.445 e. The van der Waals surface area contributed by atoms with Crippen LogP contribution in [-0.4, -0.2) is 144 Å². The summed E-state index contributed by atoms with van der Waals surface area (Å²) in [6.45, 7) is 9.62. The zero-order valence-electron chi connectivity index (χ0n) is 44.1. The first-order valence-corrected chi connectivity index (χ1v) is 27.5. The molecule has 4 heterocycles. The summed E-state index contributed by atoms with van der Waals surface area (Å²) in [6.07, 6.45) is 6.30. The smallest absolute Gasteiger partial charge is 0.407 e. The van der Waals surface area contributed by atoms with Crippen molar-refractivity contribution in [3.05, 3.63) is 96.1 Å². The van der Waals surface area contributed by atoms with Crippen LogP contribution >= 0.6 is 11.8 Å².